The number of piperidine rings is 1. The van der Waals surface area contributed by atoms with Crippen molar-refractivity contribution in [3.8, 4) is 22.8 Å². The smallest absolute Gasteiger partial charge is 0.245 e. The van der Waals surface area contributed by atoms with E-state index in [9.17, 15) is 14.7 Å². The van der Waals surface area contributed by atoms with E-state index < -0.39 is 11.2 Å². The standard InChI is InChI=1S/C34H32ClFN4O4/c1-3-26(42)40-13-7-11-34(18-40)28-24-16-25(35)27(23-15-21(41)14-19-8-4-5-10-22(19)23)29(36)30(24)37-32(31(28)38-33(34)43)44-17-20-9-6-12-39(20)2/h3-5,8,10,14-16,20,41H,1,6-7,9,11-13,17-18H2,2H3,(H,38,43)/t20-,34?/m0/s1. The summed E-state index contributed by atoms with van der Waals surface area (Å²) in [6, 6.07) is 12.3. The lowest BCUT2D eigenvalue weighted by Crippen LogP contribution is -2.51. The van der Waals surface area contributed by atoms with Gasteiger partial charge in [0.2, 0.25) is 17.7 Å². The van der Waals surface area contributed by atoms with Crippen LogP contribution in [0.5, 0.6) is 11.6 Å². The number of carbonyl (C=O) groups excluding carboxylic acids is 2. The molecule has 8 nitrogen and oxygen atoms in total. The quantitative estimate of drug-likeness (QED) is 0.267. The Morgan fingerprint density at radius 1 is 1.25 bits per heavy atom. The highest BCUT2D eigenvalue weighted by Gasteiger charge is 2.52. The van der Waals surface area contributed by atoms with Crippen LogP contribution in [0.3, 0.4) is 0 Å². The van der Waals surface area contributed by atoms with Gasteiger partial charge >= 0.3 is 0 Å². The van der Waals surface area contributed by atoms with Gasteiger partial charge in [-0.25, -0.2) is 9.37 Å². The normalized spacial score (nSPS) is 21.7. The lowest BCUT2D eigenvalue weighted by molar-refractivity contribution is -0.131. The molecular weight excluding hydrogens is 583 g/mol. The predicted molar refractivity (Wildman–Crippen MR) is 169 cm³/mol. The third-order valence-electron chi connectivity index (χ3n) is 9.47. The van der Waals surface area contributed by atoms with E-state index in [4.69, 9.17) is 21.3 Å². The number of phenols is 1. The number of ether oxygens (including phenoxy) is 1. The molecule has 2 N–H and O–H groups in total. The molecule has 3 aliphatic heterocycles. The van der Waals surface area contributed by atoms with Crippen LogP contribution in [-0.4, -0.2) is 71.0 Å². The maximum absolute atomic E-state index is 17.0. The Hall–Kier alpha value is -4.21. The molecule has 1 unspecified atom stereocenters. The number of likely N-dealkylation sites (N-methyl/N-ethyl adjacent to an activating group) is 1. The second kappa shape index (κ2) is 10.7. The molecule has 4 aromatic rings. The number of benzene rings is 3. The second-order valence-electron chi connectivity index (χ2n) is 12.0. The van der Waals surface area contributed by atoms with E-state index in [1.807, 2.05) is 31.3 Å². The zero-order valence-electron chi connectivity index (χ0n) is 24.3. The Kier molecular flexibility index (Phi) is 6.98. The maximum Gasteiger partial charge on any atom is 0.245 e. The Morgan fingerprint density at radius 3 is 2.84 bits per heavy atom. The van der Waals surface area contributed by atoms with E-state index in [1.54, 1.807) is 17.0 Å². The minimum absolute atomic E-state index is 0.00777. The van der Waals surface area contributed by atoms with E-state index in [0.29, 0.717) is 53.6 Å². The monoisotopic (exact) mass is 614 g/mol. The molecule has 7 rings (SSSR count). The highest BCUT2D eigenvalue weighted by Crippen LogP contribution is 2.52. The number of aromatic hydroxyl groups is 1. The van der Waals surface area contributed by atoms with Gasteiger partial charge in [0.05, 0.1) is 10.4 Å². The molecule has 3 aliphatic rings. The number of amides is 2. The molecule has 10 heteroatoms. The summed E-state index contributed by atoms with van der Waals surface area (Å²) in [5, 5.41) is 15.5. The van der Waals surface area contributed by atoms with Gasteiger partial charge in [0.25, 0.3) is 0 Å². The zero-order chi connectivity index (χ0) is 30.7. The van der Waals surface area contributed by atoms with Gasteiger partial charge in [-0.05, 0) is 79.9 Å². The summed E-state index contributed by atoms with van der Waals surface area (Å²) in [6.45, 7) is 5.50. The largest absolute Gasteiger partial charge is 0.508 e. The zero-order valence-corrected chi connectivity index (χ0v) is 25.1. The molecule has 226 valence electrons. The number of pyridine rings is 1. The number of nitrogens with zero attached hydrogens (tertiary/aromatic N) is 3. The average Bonchev–Trinajstić information content (AvgIpc) is 3.55. The van der Waals surface area contributed by atoms with Crippen LogP contribution in [-0.2, 0) is 15.0 Å². The van der Waals surface area contributed by atoms with Gasteiger partial charge in [0, 0.05) is 35.6 Å². The fourth-order valence-corrected chi connectivity index (χ4v) is 7.54. The van der Waals surface area contributed by atoms with Crippen LogP contribution < -0.4 is 10.1 Å². The van der Waals surface area contributed by atoms with Gasteiger partial charge in [-0.1, -0.05) is 42.4 Å². The molecule has 2 fully saturated rings. The number of hydrogen-bond donors (Lipinski definition) is 2. The summed E-state index contributed by atoms with van der Waals surface area (Å²) in [4.78, 5) is 35.1. The molecule has 0 aliphatic carbocycles. The highest BCUT2D eigenvalue weighted by atomic mass is 35.5. The van der Waals surface area contributed by atoms with Crippen LogP contribution in [0.25, 0.3) is 32.8 Å². The van der Waals surface area contributed by atoms with Crippen LogP contribution >= 0.6 is 11.6 Å². The van der Waals surface area contributed by atoms with Crippen molar-refractivity contribution in [2.24, 2.45) is 0 Å². The number of halogens is 2. The van der Waals surface area contributed by atoms with Crippen molar-refractivity contribution in [3.05, 3.63) is 71.5 Å². The van der Waals surface area contributed by atoms with Gasteiger partial charge < -0.3 is 25.0 Å². The summed E-state index contributed by atoms with van der Waals surface area (Å²) in [7, 11) is 2.04. The number of carbonyl (C=O) groups is 2. The minimum Gasteiger partial charge on any atom is -0.508 e. The highest BCUT2D eigenvalue weighted by molar-refractivity contribution is 6.35. The van der Waals surface area contributed by atoms with Crippen molar-refractivity contribution in [2.45, 2.75) is 37.1 Å². The van der Waals surface area contributed by atoms with Crippen molar-refractivity contribution in [1.29, 1.82) is 0 Å². The minimum atomic E-state index is -1.15. The molecule has 0 saturated carbocycles. The first-order valence-electron chi connectivity index (χ1n) is 14.9. The maximum atomic E-state index is 17.0. The molecule has 1 spiro atoms. The van der Waals surface area contributed by atoms with Crippen LogP contribution in [0.15, 0.2) is 55.1 Å². The molecular formula is C34H32ClFN4O4. The van der Waals surface area contributed by atoms with Gasteiger partial charge in [0.15, 0.2) is 5.82 Å². The molecule has 0 radical (unpaired) electrons. The average molecular weight is 615 g/mol. The first-order valence-corrected chi connectivity index (χ1v) is 15.2. The third kappa shape index (κ3) is 4.40. The second-order valence-corrected chi connectivity index (χ2v) is 12.4. The number of rotatable bonds is 5. The van der Waals surface area contributed by atoms with Gasteiger partial charge in [-0.3, -0.25) is 9.59 Å². The first kappa shape index (κ1) is 28.6. The molecule has 2 amide bonds. The third-order valence-corrected chi connectivity index (χ3v) is 9.77. The number of anilines is 1. The van der Waals surface area contributed by atoms with Gasteiger partial charge in [-0.15, -0.1) is 0 Å². The molecule has 0 bridgehead atoms. The Bertz CT molecular complexity index is 1880. The molecule has 2 saturated heterocycles. The summed E-state index contributed by atoms with van der Waals surface area (Å²) in [5.41, 5.74) is 0.308. The summed E-state index contributed by atoms with van der Waals surface area (Å²) in [6.07, 6.45) is 4.28. The predicted octanol–water partition coefficient (Wildman–Crippen LogP) is 6.02. The first-order chi connectivity index (χ1) is 21.2. The van der Waals surface area contributed by atoms with Crippen molar-refractivity contribution in [1.82, 2.24) is 14.8 Å². The molecule has 3 aromatic carbocycles. The fraction of sp³-hybridized carbons (Fsp3) is 0.324. The molecule has 2 atom stereocenters. The SMILES string of the molecule is C=CC(=O)N1CCCC2(C1)C(=O)Nc1c(OC[C@@H]3CCCN3C)nc3c(F)c(-c4cc(O)cc5ccccc45)c(Cl)cc3c12. The molecule has 4 heterocycles. The number of fused-ring (bicyclic) bond motifs is 5. The van der Waals surface area contributed by atoms with Crippen molar-refractivity contribution in [2.75, 3.05) is 38.6 Å². The number of likely N-dealkylation sites (tertiary alicyclic amines) is 2. The van der Waals surface area contributed by atoms with E-state index in [0.717, 1.165) is 24.8 Å². The summed E-state index contributed by atoms with van der Waals surface area (Å²) >= 11 is 6.90. The van der Waals surface area contributed by atoms with Gasteiger partial charge in [-0.2, -0.15) is 0 Å². The number of nitrogens with one attached hydrogen (secondary N) is 1. The Morgan fingerprint density at radius 2 is 2.07 bits per heavy atom. The van der Waals surface area contributed by atoms with Gasteiger partial charge in [0.1, 0.15) is 23.6 Å². The summed E-state index contributed by atoms with van der Waals surface area (Å²) in [5.74, 6) is -1.13. The molecule has 44 heavy (non-hydrogen) atoms. The van der Waals surface area contributed by atoms with Crippen LogP contribution in [0, 0.1) is 5.82 Å². The van der Waals surface area contributed by atoms with E-state index in [1.165, 1.54) is 12.1 Å². The number of hydrogen-bond acceptors (Lipinski definition) is 6. The van der Waals surface area contributed by atoms with E-state index >= 15 is 4.39 Å². The van der Waals surface area contributed by atoms with Crippen LogP contribution in [0.1, 0.15) is 31.2 Å². The summed E-state index contributed by atoms with van der Waals surface area (Å²) < 4.78 is 23.3. The van der Waals surface area contributed by atoms with E-state index in [2.05, 4.69) is 16.8 Å². The molecule has 1 aromatic heterocycles. The Labute approximate surface area is 259 Å². The number of phenolic OH excluding ortho intramolecular Hbond substituents is 1. The lowest BCUT2D eigenvalue weighted by atomic mass is 9.73. The topological polar surface area (TPSA) is 95.0 Å². The van der Waals surface area contributed by atoms with Crippen molar-refractivity contribution < 1.29 is 23.8 Å². The van der Waals surface area contributed by atoms with Crippen LogP contribution in [0.2, 0.25) is 5.02 Å². The number of aromatic nitrogens is 1. The Balaban J connectivity index is 1.47. The van der Waals surface area contributed by atoms with Crippen molar-refractivity contribution in [3.63, 3.8) is 0 Å². The fourth-order valence-electron chi connectivity index (χ4n) is 7.25. The van der Waals surface area contributed by atoms with Crippen molar-refractivity contribution >= 4 is 50.8 Å². The van der Waals surface area contributed by atoms with Crippen LogP contribution in [0.4, 0.5) is 10.1 Å². The lowest BCUT2D eigenvalue weighted by Gasteiger charge is -2.39. The van der Waals surface area contributed by atoms with E-state index in [-0.39, 0.29) is 52.1 Å².